The minimum atomic E-state index is -0.171. The first-order valence-electron chi connectivity index (χ1n) is 4.99. The van der Waals surface area contributed by atoms with Crippen LogP contribution < -0.4 is 10.6 Å². The highest BCUT2D eigenvalue weighted by Gasteiger charge is 2.18. The molecule has 7 heteroatoms. The second-order valence-corrected chi connectivity index (χ2v) is 5.10. The maximum Gasteiger partial charge on any atom is 0.262 e. The number of rotatable bonds is 3. The lowest BCUT2D eigenvalue weighted by atomic mass is 10.2. The van der Waals surface area contributed by atoms with Crippen molar-refractivity contribution in [1.29, 1.82) is 0 Å². The Morgan fingerprint density at radius 2 is 2.18 bits per heavy atom. The topological polar surface area (TPSA) is 66.9 Å². The van der Waals surface area contributed by atoms with E-state index in [4.69, 9.17) is 0 Å². The van der Waals surface area contributed by atoms with Gasteiger partial charge in [0, 0.05) is 12.4 Å². The van der Waals surface area contributed by atoms with E-state index >= 15 is 0 Å². The number of aryl methyl sites for hydroxylation is 2. The largest absolute Gasteiger partial charge is 0.378 e. The SMILES string of the molecule is CNc1snc(C)c1C(=O)Nc1nc(C)cs1. The lowest BCUT2D eigenvalue weighted by Crippen LogP contribution is -2.13. The van der Waals surface area contributed by atoms with Crippen molar-refractivity contribution in [1.82, 2.24) is 9.36 Å². The zero-order valence-corrected chi connectivity index (χ0v) is 11.3. The quantitative estimate of drug-likeness (QED) is 0.897. The van der Waals surface area contributed by atoms with Crippen LogP contribution in [0.2, 0.25) is 0 Å². The van der Waals surface area contributed by atoms with Gasteiger partial charge in [-0.05, 0) is 25.4 Å². The summed E-state index contributed by atoms with van der Waals surface area (Å²) in [4.78, 5) is 16.3. The summed E-state index contributed by atoms with van der Waals surface area (Å²) in [6, 6.07) is 0. The zero-order valence-electron chi connectivity index (χ0n) is 9.70. The molecule has 0 unspecified atom stereocenters. The number of carbonyl (C=O) groups excluding carboxylic acids is 1. The molecule has 0 bridgehead atoms. The summed E-state index contributed by atoms with van der Waals surface area (Å²) < 4.78 is 4.16. The third kappa shape index (κ3) is 2.45. The molecule has 2 aromatic rings. The molecule has 0 radical (unpaired) electrons. The fourth-order valence-electron chi connectivity index (χ4n) is 1.38. The molecule has 0 aliphatic heterocycles. The minimum Gasteiger partial charge on any atom is -0.378 e. The van der Waals surface area contributed by atoms with Crippen LogP contribution in [0.1, 0.15) is 21.7 Å². The van der Waals surface area contributed by atoms with Crippen LogP contribution in [0.25, 0.3) is 0 Å². The van der Waals surface area contributed by atoms with Crippen molar-refractivity contribution < 1.29 is 4.79 Å². The molecule has 5 nitrogen and oxygen atoms in total. The van der Waals surface area contributed by atoms with Gasteiger partial charge in [0.1, 0.15) is 5.00 Å². The average molecular weight is 268 g/mol. The molecule has 2 aromatic heterocycles. The summed E-state index contributed by atoms with van der Waals surface area (Å²) in [5.74, 6) is -0.171. The Bertz CT molecular complexity index is 546. The third-order valence-electron chi connectivity index (χ3n) is 2.16. The van der Waals surface area contributed by atoms with Crippen molar-refractivity contribution in [3.63, 3.8) is 0 Å². The van der Waals surface area contributed by atoms with E-state index in [0.717, 1.165) is 16.4 Å². The lowest BCUT2D eigenvalue weighted by molar-refractivity contribution is 0.102. The van der Waals surface area contributed by atoms with Crippen LogP contribution in [0, 0.1) is 13.8 Å². The summed E-state index contributed by atoms with van der Waals surface area (Å²) in [5.41, 5.74) is 2.22. The number of nitrogens with zero attached hydrogens (tertiary/aromatic N) is 2. The smallest absolute Gasteiger partial charge is 0.262 e. The molecule has 0 atom stereocenters. The predicted octanol–water partition coefficient (Wildman–Crippen LogP) is 2.51. The van der Waals surface area contributed by atoms with Gasteiger partial charge in [-0.25, -0.2) is 4.98 Å². The molecule has 0 fully saturated rings. The first-order chi connectivity index (χ1) is 8.11. The van der Waals surface area contributed by atoms with Crippen molar-refractivity contribution in [3.8, 4) is 0 Å². The number of carbonyl (C=O) groups is 1. The maximum absolute atomic E-state index is 12.1. The highest BCUT2D eigenvalue weighted by atomic mass is 32.1. The number of aromatic nitrogens is 2. The van der Waals surface area contributed by atoms with Crippen molar-refractivity contribution in [3.05, 3.63) is 22.3 Å². The standard InChI is InChI=1S/C10H12N4OS2/c1-5-4-16-10(12-5)13-8(15)7-6(2)14-17-9(7)11-3/h4,11H,1-3H3,(H,12,13,15). The molecule has 0 saturated carbocycles. The van der Waals surface area contributed by atoms with Gasteiger partial charge in [0.2, 0.25) is 0 Å². The van der Waals surface area contributed by atoms with Crippen molar-refractivity contribution in [2.45, 2.75) is 13.8 Å². The van der Waals surface area contributed by atoms with Gasteiger partial charge in [-0.15, -0.1) is 11.3 Å². The van der Waals surface area contributed by atoms with E-state index in [1.165, 1.54) is 22.9 Å². The van der Waals surface area contributed by atoms with E-state index in [9.17, 15) is 4.79 Å². The fourth-order valence-corrected chi connectivity index (χ4v) is 2.80. The van der Waals surface area contributed by atoms with Crippen LogP contribution in [0.4, 0.5) is 10.1 Å². The number of amides is 1. The molecule has 2 heterocycles. The first-order valence-corrected chi connectivity index (χ1v) is 6.64. The van der Waals surface area contributed by atoms with Crippen molar-refractivity contribution in [2.24, 2.45) is 0 Å². The summed E-state index contributed by atoms with van der Waals surface area (Å²) >= 11 is 2.70. The normalized spacial score (nSPS) is 10.3. The second kappa shape index (κ2) is 4.80. The predicted molar refractivity (Wildman–Crippen MR) is 71.2 cm³/mol. The van der Waals surface area contributed by atoms with E-state index in [1.54, 1.807) is 7.05 Å². The van der Waals surface area contributed by atoms with E-state index in [0.29, 0.717) is 10.7 Å². The molecule has 90 valence electrons. The number of anilines is 2. The molecule has 1 amide bonds. The van der Waals surface area contributed by atoms with Gasteiger partial charge in [-0.1, -0.05) is 0 Å². The molecule has 0 aliphatic rings. The Kier molecular flexibility index (Phi) is 3.39. The monoisotopic (exact) mass is 268 g/mol. The van der Waals surface area contributed by atoms with Crippen LogP contribution in [-0.4, -0.2) is 22.3 Å². The molecular formula is C10H12N4OS2. The van der Waals surface area contributed by atoms with Crippen molar-refractivity contribution >= 4 is 38.9 Å². The highest BCUT2D eigenvalue weighted by molar-refractivity contribution is 7.14. The van der Waals surface area contributed by atoms with E-state index in [2.05, 4.69) is 20.0 Å². The molecule has 0 aromatic carbocycles. The minimum absolute atomic E-state index is 0.171. The van der Waals surface area contributed by atoms with Gasteiger partial charge in [0.05, 0.1) is 17.0 Å². The van der Waals surface area contributed by atoms with Crippen LogP contribution in [-0.2, 0) is 0 Å². The van der Waals surface area contributed by atoms with E-state index in [1.807, 2.05) is 19.2 Å². The van der Waals surface area contributed by atoms with Gasteiger partial charge >= 0.3 is 0 Å². The van der Waals surface area contributed by atoms with Crippen LogP contribution >= 0.6 is 22.9 Å². The molecule has 2 N–H and O–H groups in total. The summed E-state index contributed by atoms with van der Waals surface area (Å²) in [5, 5.41) is 9.02. The number of nitrogens with one attached hydrogen (secondary N) is 2. The van der Waals surface area contributed by atoms with Gasteiger partial charge in [-0.2, -0.15) is 4.37 Å². The molecule has 0 aliphatic carbocycles. The van der Waals surface area contributed by atoms with Crippen molar-refractivity contribution in [2.75, 3.05) is 17.7 Å². The van der Waals surface area contributed by atoms with Crippen LogP contribution in [0.15, 0.2) is 5.38 Å². The Balaban J connectivity index is 2.22. The highest BCUT2D eigenvalue weighted by Crippen LogP contribution is 2.25. The number of thiazole rings is 1. The van der Waals surface area contributed by atoms with Gasteiger partial charge in [-0.3, -0.25) is 10.1 Å². The number of hydrogen-bond donors (Lipinski definition) is 2. The molecular weight excluding hydrogens is 256 g/mol. The number of hydrogen-bond acceptors (Lipinski definition) is 6. The van der Waals surface area contributed by atoms with Crippen LogP contribution in [0.3, 0.4) is 0 Å². The van der Waals surface area contributed by atoms with Gasteiger partial charge in [0.25, 0.3) is 5.91 Å². The van der Waals surface area contributed by atoms with Crippen LogP contribution in [0.5, 0.6) is 0 Å². The maximum atomic E-state index is 12.1. The fraction of sp³-hybridized carbons (Fsp3) is 0.300. The summed E-state index contributed by atoms with van der Waals surface area (Å²) in [6.07, 6.45) is 0. The lowest BCUT2D eigenvalue weighted by Gasteiger charge is -2.03. The first kappa shape index (κ1) is 12.0. The molecule has 0 saturated heterocycles. The van der Waals surface area contributed by atoms with E-state index in [-0.39, 0.29) is 5.91 Å². The molecule has 0 spiro atoms. The Labute approximate surface area is 107 Å². The molecule has 2 rings (SSSR count). The Morgan fingerprint density at radius 1 is 1.41 bits per heavy atom. The second-order valence-electron chi connectivity index (χ2n) is 3.47. The third-order valence-corrected chi connectivity index (χ3v) is 3.99. The summed E-state index contributed by atoms with van der Waals surface area (Å²) in [7, 11) is 1.78. The van der Waals surface area contributed by atoms with Gasteiger partial charge < -0.3 is 5.32 Å². The summed E-state index contributed by atoms with van der Waals surface area (Å²) in [6.45, 7) is 3.71. The van der Waals surface area contributed by atoms with E-state index < -0.39 is 0 Å². The molecule has 17 heavy (non-hydrogen) atoms. The Hall–Kier alpha value is -1.47. The average Bonchev–Trinajstić information content (AvgIpc) is 2.84. The van der Waals surface area contributed by atoms with Gasteiger partial charge in [0.15, 0.2) is 5.13 Å². The Morgan fingerprint density at radius 3 is 2.76 bits per heavy atom. The zero-order chi connectivity index (χ0) is 12.4.